The number of hydrogen-bond donors (Lipinski definition) is 1. The van der Waals surface area contributed by atoms with Crippen LogP contribution in [0.25, 0.3) is 0 Å². The van der Waals surface area contributed by atoms with Gasteiger partial charge in [-0.2, -0.15) is 0 Å². The minimum atomic E-state index is 0.467. The maximum Gasteiger partial charge on any atom is 0.118 e. The molecule has 1 N–H and O–H groups in total. The molecule has 0 saturated carbocycles. The Bertz CT molecular complexity index is 470. The summed E-state index contributed by atoms with van der Waals surface area (Å²) in [4.78, 5) is 8.05. The standard InChI is InChI=1S/C13H17N3OS/c1-10(2)15-7-11-3-4-12(17-11)8-18-13-5-6-14-9-16-13/h3-6,9-10,15H,7-8H2,1-2H3. The number of nitrogens with zero attached hydrogens (tertiary/aromatic N) is 2. The van der Waals surface area contributed by atoms with Crippen molar-refractivity contribution in [3.05, 3.63) is 42.2 Å². The zero-order valence-electron chi connectivity index (χ0n) is 10.6. The van der Waals surface area contributed by atoms with Crippen LogP contribution in [-0.2, 0) is 12.3 Å². The van der Waals surface area contributed by atoms with Gasteiger partial charge in [-0.05, 0) is 18.2 Å². The predicted octanol–water partition coefficient (Wildman–Crippen LogP) is 2.86. The monoisotopic (exact) mass is 263 g/mol. The summed E-state index contributed by atoms with van der Waals surface area (Å²) >= 11 is 1.65. The number of aromatic nitrogens is 2. The highest BCUT2D eigenvalue weighted by atomic mass is 32.2. The van der Waals surface area contributed by atoms with Crippen molar-refractivity contribution in [1.29, 1.82) is 0 Å². The van der Waals surface area contributed by atoms with E-state index in [9.17, 15) is 0 Å². The SMILES string of the molecule is CC(C)NCc1ccc(CSc2ccncn2)o1. The summed E-state index contributed by atoms with van der Waals surface area (Å²) in [6.07, 6.45) is 3.30. The number of furan rings is 1. The molecule has 5 heteroatoms. The van der Waals surface area contributed by atoms with E-state index < -0.39 is 0 Å². The highest BCUT2D eigenvalue weighted by Gasteiger charge is 2.04. The van der Waals surface area contributed by atoms with Crippen molar-refractivity contribution < 1.29 is 4.42 Å². The second-order valence-corrected chi connectivity index (χ2v) is 5.24. The summed E-state index contributed by atoms with van der Waals surface area (Å²) < 4.78 is 5.73. The normalized spacial score (nSPS) is 11.1. The van der Waals surface area contributed by atoms with E-state index in [1.54, 1.807) is 24.3 Å². The van der Waals surface area contributed by atoms with Crippen LogP contribution in [-0.4, -0.2) is 16.0 Å². The van der Waals surface area contributed by atoms with Crippen molar-refractivity contribution in [3.63, 3.8) is 0 Å². The number of rotatable bonds is 6. The van der Waals surface area contributed by atoms with E-state index in [0.29, 0.717) is 6.04 Å². The minimum Gasteiger partial charge on any atom is -0.464 e. The summed E-state index contributed by atoms with van der Waals surface area (Å²) in [5.41, 5.74) is 0. The van der Waals surface area contributed by atoms with E-state index >= 15 is 0 Å². The van der Waals surface area contributed by atoms with Gasteiger partial charge in [0.25, 0.3) is 0 Å². The first kappa shape index (κ1) is 13.1. The number of thioether (sulfide) groups is 1. The van der Waals surface area contributed by atoms with Gasteiger partial charge in [-0.25, -0.2) is 9.97 Å². The fourth-order valence-electron chi connectivity index (χ4n) is 1.41. The molecule has 0 aliphatic carbocycles. The molecule has 0 unspecified atom stereocenters. The zero-order valence-corrected chi connectivity index (χ0v) is 11.4. The second kappa shape index (κ2) is 6.56. The third kappa shape index (κ3) is 4.16. The van der Waals surface area contributed by atoms with E-state index in [1.165, 1.54) is 0 Å². The Labute approximate surface area is 111 Å². The van der Waals surface area contributed by atoms with E-state index in [0.717, 1.165) is 28.8 Å². The summed E-state index contributed by atoms with van der Waals surface area (Å²) in [5, 5.41) is 4.29. The van der Waals surface area contributed by atoms with Gasteiger partial charge >= 0.3 is 0 Å². The molecule has 2 rings (SSSR count). The number of hydrogen-bond acceptors (Lipinski definition) is 5. The molecule has 2 heterocycles. The summed E-state index contributed by atoms with van der Waals surface area (Å²) in [5.74, 6) is 2.74. The van der Waals surface area contributed by atoms with Crippen molar-refractivity contribution in [2.75, 3.05) is 0 Å². The van der Waals surface area contributed by atoms with Gasteiger partial charge < -0.3 is 9.73 Å². The quantitative estimate of drug-likeness (QED) is 0.641. The van der Waals surface area contributed by atoms with E-state index in [-0.39, 0.29) is 0 Å². The molecule has 0 bridgehead atoms. The van der Waals surface area contributed by atoms with Gasteiger partial charge in [0.15, 0.2) is 0 Å². The fourth-order valence-corrected chi connectivity index (χ4v) is 2.13. The molecule has 2 aromatic rings. The molecule has 4 nitrogen and oxygen atoms in total. The van der Waals surface area contributed by atoms with Gasteiger partial charge in [0.1, 0.15) is 17.8 Å². The Morgan fingerprint density at radius 2 is 2.11 bits per heavy atom. The van der Waals surface area contributed by atoms with Gasteiger partial charge in [0, 0.05) is 12.2 Å². The van der Waals surface area contributed by atoms with Gasteiger partial charge in [-0.3, -0.25) is 0 Å². The van der Waals surface area contributed by atoms with Crippen LogP contribution in [0, 0.1) is 0 Å². The molecule has 18 heavy (non-hydrogen) atoms. The van der Waals surface area contributed by atoms with Gasteiger partial charge in [0.05, 0.1) is 17.3 Å². The molecule has 0 saturated heterocycles. The van der Waals surface area contributed by atoms with Crippen LogP contribution in [0.3, 0.4) is 0 Å². The molecule has 0 atom stereocenters. The van der Waals surface area contributed by atoms with E-state index in [2.05, 4.69) is 29.1 Å². The Morgan fingerprint density at radius 3 is 2.83 bits per heavy atom. The fraction of sp³-hybridized carbons (Fsp3) is 0.385. The van der Waals surface area contributed by atoms with E-state index in [1.807, 2.05) is 18.2 Å². The van der Waals surface area contributed by atoms with Crippen LogP contribution in [0.15, 0.2) is 40.2 Å². The third-order valence-corrected chi connectivity index (χ3v) is 3.29. The molecular weight excluding hydrogens is 246 g/mol. The third-order valence-electron chi connectivity index (χ3n) is 2.32. The Balaban J connectivity index is 1.83. The lowest BCUT2D eigenvalue weighted by molar-refractivity contribution is 0.445. The molecule has 0 radical (unpaired) electrons. The average molecular weight is 263 g/mol. The number of nitrogens with one attached hydrogen (secondary N) is 1. The molecule has 0 aliphatic rings. The first-order valence-corrected chi connectivity index (χ1v) is 6.92. The van der Waals surface area contributed by atoms with Crippen LogP contribution < -0.4 is 5.32 Å². The van der Waals surface area contributed by atoms with Crippen LogP contribution in [0.2, 0.25) is 0 Å². The van der Waals surface area contributed by atoms with Crippen molar-refractivity contribution in [2.24, 2.45) is 0 Å². The van der Waals surface area contributed by atoms with Gasteiger partial charge in [0.2, 0.25) is 0 Å². The molecule has 0 aliphatic heterocycles. The Kier molecular flexibility index (Phi) is 4.78. The summed E-state index contributed by atoms with van der Waals surface area (Å²) in [6, 6.07) is 6.40. The largest absolute Gasteiger partial charge is 0.464 e. The lowest BCUT2D eigenvalue weighted by Gasteiger charge is -2.04. The summed E-state index contributed by atoms with van der Waals surface area (Å²) in [7, 11) is 0. The highest BCUT2D eigenvalue weighted by Crippen LogP contribution is 2.21. The first-order valence-electron chi connectivity index (χ1n) is 5.94. The van der Waals surface area contributed by atoms with E-state index in [4.69, 9.17) is 4.42 Å². The van der Waals surface area contributed by atoms with Crippen LogP contribution in [0.4, 0.5) is 0 Å². The van der Waals surface area contributed by atoms with Gasteiger partial charge in [-0.1, -0.05) is 25.6 Å². The maximum atomic E-state index is 5.73. The molecule has 0 amide bonds. The molecule has 0 aromatic carbocycles. The summed E-state index contributed by atoms with van der Waals surface area (Å²) in [6.45, 7) is 5.01. The minimum absolute atomic E-state index is 0.467. The van der Waals surface area contributed by atoms with Crippen molar-refractivity contribution in [1.82, 2.24) is 15.3 Å². The lowest BCUT2D eigenvalue weighted by atomic mass is 10.3. The van der Waals surface area contributed by atoms with Crippen molar-refractivity contribution in [3.8, 4) is 0 Å². The smallest absolute Gasteiger partial charge is 0.118 e. The maximum absolute atomic E-state index is 5.73. The Morgan fingerprint density at radius 1 is 1.28 bits per heavy atom. The lowest BCUT2D eigenvalue weighted by Crippen LogP contribution is -2.21. The van der Waals surface area contributed by atoms with Crippen molar-refractivity contribution in [2.45, 2.75) is 37.2 Å². The molecule has 2 aromatic heterocycles. The van der Waals surface area contributed by atoms with Gasteiger partial charge in [-0.15, -0.1) is 0 Å². The molecular formula is C13H17N3OS. The molecule has 96 valence electrons. The second-order valence-electron chi connectivity index (χ2n) is 4.24. The average Bonchev–Trinajstić information content (AvgIpc) is 2.83. The highest BCUT2D eigenvalue weighted by molar-refractivity contribution is 7.98. The van der Waals surface area contributed by atoms with Crippen LogP contribution in [0.5, 0.6) is 0 Å². The zero-order chi connectivity index (χ0) is 12.8. The molecule has 0 spiro atoms. The first-order chi connectivity index (χ1) is 8.74. The predicted molar refractivity (Wildman–Crippen MR) is 72.3 cm³/mol. The van der Waals surface area contributed by atoms with Crippen molar-refractivity contribution >= 4 is 11.8 Å². The van der Waals surface area contributed by atoms with Crippen LogP contribution in [0.1, 0.15) is 25.4 Å². The topological polar surface area (TPSA) is 51.0 Å². The Hall–Kier alpha value is -1.33. The van der Waals surface area contributed by atoms with Crippen LogP contribution >= 0.6 is 11.8 Å². The molecule has 0 fully saturated rings.